The van der Waals surface area contributed by atoms with E-state index in [1.165, 1.54) is 64.5 Å². The molecule has 0 aliphatic carbocycles. The second-order valence-electron chi connectivity index (χ2n) is 11.9. The Morgan fingerprint density at radius 1 is 1.08 bits per heavy atom. The Hall–Kier alpha value is -5.73. The largest absolute Gasteiger partial charge is 0.478 e. The van der Waals surface area contributed by atoms with Gasteiger partial charge in [-0.15, -0.1) is 5.10 Å². The van der Waals surface area contributed by atoms with Gasteiger partial charge >= 0.3 is 5.97 Å². The number of nitrogens with two attached hydrogens (primary N) is 1. The van der Waals surface area contributed by atoms with Gasteiger partial charge in [0, 0.05) is 37.0 Å². The average molecular weight is 699 g/mol. The minimum atomic E-state index is -1.11. The molecule has 3 heterocycles. The van der Waals surface area contributed by atoms with E-state index in [1.54, 1.807) is 17.9 Å². The van der Waals surface area contributed by atoms with Gasteiger partial charge in [0.2, 0.25) is 11.8 Å². The van der Waals surface area contributed by atoms with E-state index in [-0.39, 0.29) is 34.3 Å². The number of aromatic carboxylic acids is 1. The van der Waals surface area contributed by atoms with Crippen molar-refractivity contribution in [1.29, 1.82) is 0 Å². The number of anilines is 1. The van der Waals surface area contributed by atoms with Gasteiger partial charge in [0.25, 0.3) is 5.91 Å². The second kappa shape index (κ2) is 14.4. The standard InChI is InChI=1S/C35H32ClFN8O5/c1-20(38)34(48)43-16-13-21(14-17-43)24-3-2-4-26-25(24)15-18-44(32(26)33(47)40-23-7-5-22(6-8-23)35(49)50)30(46)12-9-27-29(45-19-39-41-42-45)11-10-28(36)31(27)37/h2-13,19-20,32H,14-18,38H2,1H3,(H,40,47)(H,49,50)/b12-9+/t20-,32?/m0/s1. The van der Waals surface area contributed by atoms with Crippen LogP contribution in [0.3, 0.4) is 0 Å². The highest BCUT2D eigenvalue weighted by atomic mass is 35.5. The summed E-state index contributed by atoms with van der Waals surface area (Å²) in [5, 5.41) is 23.0. The molecule has 256 valence electrons. The summed E-state index contributed by atoms with van der Waals surface area (Å²) in [7, 11) is 0. The number of carbonyl (C=O) groups excluding carboxylic acids is 3. The molecule has 0 saturated heterocycles. The molecule has 3 aromatic carbocycles. The summed E-state index contributed by atoms with van der Waals surface area (Å²) < 4.78 is 16.5. The highest BCUT2D eigenvalue weighted by Crippen LogP contribution is 2.37. The Bertz CT molecular complexity index is 2030. The highest BCUT2D eigenvalue weighted by molar-refractivity contribution is 6.31. The predicted molar refractivity (Wildman–Crippen MR) is 183 cm³/mol. The molecule has 0 radical (unpaired) electrons. The summed E-state index contributed by atoms with van der Waals surface area (Å²) in [4.78, 5) is 55.0. The molecule has 2 aliphatic heterocycles. The van der Waals surface area contributed by atoms with E-state index < -0.39 is 35.7 Å². The first-order chi connectivity index (χ1) is 24.0. The van der Waals surface area contributed by atoms with Gasteiger partial charge in [0.15, 0.2) is 5.82 Å². The van der Waals surface area contributed by atoms with Crippen LogP contribution in [0.15, 0.2) is 73.1 Å². The molecule has 2 atom stereocenters. The number of halogens is 2. The number of amides is 3. The third-order valence-corrected chi connectivity index (χ3v) is 9.00. The summed E-state index contributed by atoms with van der Waals surface area (Å²) in [6, 6.07) is 12.4. The van der Waals surface area contributed by atoms with E-state index in [2.05, 4.69) is 20.8 Å². The van der Waals surface area contributed by atoms with Crippen molar-refractivity contribution in [3.8, 4) is 5.69 Å². The molecule has 4 aromatic rings. The van der Waals surface area contributed by atoms with Crippen LogP contribution in [0, 0.1) is 5.82 Å². The maximum Gasteiger partial charge on any atom is 0.335 e. The molecule has 0 bridgehead atoms. The van der Waals surface area contributed by atoms with Crippen LogP contribution < -0.4 is 11.1 Å². The topological polar surface area (TPSA) is 177 Å². The Morgan fingerprint density at radius 3 is 2.52 bits per heavy atom. The SMILES string of the molecule is C[C@H](N)C(=O)N1CC=C(c2cccc3c2CCN(C(=O)/C=C/c2c(-n4cnnn4)ccc(Cl)c2F)C3C(=O)Nc2ccc(C(=O)O)cc2)CC1. The highest BCUT2D eigenvalue weighted by Gasteiger charge is 2.37. The minimum absolute atomic E-state index is 0.0295. The van der Waals surface area contributed by atoms with Crippen LogP contribution >= 0.6 is 11.6 Å². The van der Waals surface area contributed by atoms with Gasteiger partial charge in [-0.3, -0.25) is 14.4 Å². The van der Waals surface area contributed by atoms with Crippen molar-refractivity contribution < 1.29 is 28.7 Å². The first kappa shape index (κ1) is 34.1. The summed E-state index contributed by atoms with van der Waals surface area (Å²) in [6.45, 7) is 2.71. The van der Waals surface area contributed by atoms with Crippen LogP contribution in [0.1, 0.15) is 52.0 Å². The van der Waals surface area contributed by atoms with E-state index in [1.807, 2.05) is 18.2 Å². The number of rotatable bonds is 8. The number of nitrogens with one attached hydrogen (secondary N) is 1. The maximum absolute atomic E-state index is 15.3. The number of carboxylic acid groups (broad SMARTS) is 1. The van der Waals surface area contributed by atoms with Gasteiger partial charge in [-0.2, -0.15) is 4.68 Å². The lowest BCUT2D eigenvalue weighted by Crippen LogP contribution is -2.45. The quantitative estimate of drug-likeness (QED) is 0.231. The predicted octanol–water partition coefficient (Wildman–Crippen LogP) is 3.89. The molecule has 0 spiro atoms. The summed E-state index contributed by atoms with van der Waals surface area (Å²) in [5.74, 6) is -3.11. The van der Waals surface area contributed by atoms with Crippen molar-refractivity contribution in [3.63, 3.8) is 0 Å². The van der Waals surface area contributed by atoms with Crippen LogP contribution in [0.4, 0.5) is 10.1 Å². The van der Waals surface area contributed by atoms with Crippen molar-refractivity contribution in [2.24, 2.45) is 5.73 Å². The summed E-state index contributed by atoms with van der Waals surface area (Å²) in [5.41, 5.74) is 9.86. The van der Waals surface area contributed by atoms with Gasteiger partial charge in [-0.05, 0) is 94.9 Å². The molecule has 3 amide bonds. The van der Waals surface area contributed by atoms with Crippen LogP contribution in [0.25, 0.3) is 17.3 Å². The number of aromatic nitrogens is 4. The molecule has 50 heavy (non-hydrogen) atoms. The van der Waals surface area contributed by atoms with Gasteiger partial charge in [0.1, 0.15) is 12.4 Å². The number of fused-ring (bicyclic) bond motifs is 1. The lowest BCUT2D eigenvalue weighted by molar-refractivity contribution is -0.135. The van der Waals surface area contributed by atoms with Crippen LogP contribution in [0.5, 0.6) is 0 Å². The molecular formula is C35H32ClFN8O5. The van der Waals surface area contributed by atoms with E-state index >= 15 is 4.39 Å². The monoisotopic (exact) mass is 698 g/mol. The number of hydrogen-bond acceptors (Lipinski definition) is 8. The van der Waals surface area contributed by atoms with E-state index in [9.17, 15) is 24.3 Å². The lowest BCUT2D eigenvalue weighted by atomic mass is 9.84. The molecule has 0 fully saturated rings. The van der Waals surface area contributed by atoms with Gasteiger partial charge < -0.3 is 26.0 Å². The van der Waals surface area contributed by atoms with E-state index in [0.717, 1.165) is 16.7 Å². The number of benzene rings is 3. The van der Waals surface area contributed by atoms with E-state index in [4.69, 9.17) is 17.3 Å². The normalized spacial score (nSPS) is 16.5. The van der Waals surface area contributed by atoms with Crippen molar-refractivity contribution in [2.45, 2.75) is 31.8 Å². The fourth-order valence-electron chi connectivity index (χ4n) is 6.24. The Labute approximate surface area is 290 Å². The fourth-order valence-corrected chi connectivity index (χ4v) is 6.40. The molecule has 13 nitrogen and oxygen atoms in total. The number of carboxylic acids is 1. The first-order valence-corrected chi connectivity index (χ1v) is 16.1. The molecule has 4 N–H and O–H groups in total. The van der Waals surface area contributed by atoms with Crippen molar-refractivity contribution in [1.82, 2.24) is 30.0 Å². The van der Waals surface area contributed by atoms with Crippen molar-refractivity contribution in [2.75, 3.05) is 25.0 Å². The van der Waals surface area contributed by atoms with Crippen molar-refractivity contribution >= 4 is 52.6 Å². The summed E-state index contributed by atoms with van der Waals surface area (Å²) in [6.07, 6.45) is 6.72. The molecular weight excluding hydrogens is 667 g/mol. The zero-order valence-electron chi connectivity index (χ0n) is 26.8. The number of hydrogen-bond donors (Lipinski definition) is 3. The minimum Gasteiger partial charge on any atom is -0.478 e. The van der Waals surface area contributed by atoms with E-state index in [0.29, 0.717) is 37.2 Å². The number of carbonyl (C=O) groups is 4. The molecule has 2 aliphatic rings. The number of nitrogens with zero attached hydrogens (tertiary/aromatic N) is 6. The zero-order chi connectivity index (χ0) is 35.5. The van der Waals surface area contributed by atoms with Gasteiger partial charge in [-0.1, -0.05) is 35.9 Å². The van der Waals surface area contributed by atoms with Crippen molar-refractivity contribution in [3.05, 3.63) is 112 Å². The molecule has 1 aromatic heterocycles. The third-order valence-electron chi connectivity index (χ3n) is 8.71. The smallest absolute Gasteiger partial charge is 0.335 e. The number of tetrazole rings is 1. The third kappa shape index (κ3) is 6.88. The Morgan fingerprint density at radius 2 is 1.86 bits per heavy atom. The second-order valence-corrected chi connectivity index (χ2v) is 12.3. The Balaban J connectivity index is 1.35. The average Bonchev–Trinajstić information content (AvgIpc) is 3.66. The van der Waals surface area contributed by atoms with Gasteiger partial charge in [-0.25, -0.2) is 9.18 Å². The van der Waals surface area contributed by atoms with Crippen LogP contribution in [-0.4, -0.2) is 84.5 Å². The van der Waals surface area contributed by atoms with Crippen LogP contribution in [-0.2, 0) is 20.8 Å². The Kier molecular flexibility index (Phi) is 9.83. The molecule has 15 heteroatoms. The first-order valence-electron chi connectivity index (χ1n) is 15.7. The van der Waals surface area contributed by atoms with Crippen LogP contribution in [0.2, 0.25) is 5.02 Å². The fraction of sp³-hybridized carbons (Fsp3) is 0.229. The summed E-state index contributed by atoms with van der Waals surface area (Å²) >= 11 is 6.07. The molecule has 1 unspecified atom stereocenters. The molecule has 0 saturated carbocycles. The van der Waals surface area contributed by atoms with Gasteiger partial charge in [0.05, 0.1) is 22.3 Å². The molecule has 6 rings (SSSR count). The maximum atomic E-state index is 15.3. The zero-order valence-corrected chi connectivity index (χ0v) is 27.5. The lowest BCUT2D eigenvalue weighted by Gasteiger charge is -2.37.